The first-order valence-electron chi connectivity index (χ1n) is 6.42. The maximum absolute atomic E-state index is 12.0. The monoisotopic (exact) mass is 247 g/mol. The van der Waals surface area contributed by atoms with E-state index in [9.17, 15) is 4.79 Å². The molecule has 2 N–H and O–H groups in total. The fourth-order valence-corrected chi connectivity index (χ4v) is 2.20. The second kappa shape index (κ2) is 4.88. The van der Waals surface area contributed by atoms with E-state index in [1.165, 1.54) is 12.8 Å². The number of nitrogen functional groups attached to an aromatic ring is 1. The number of anilines is 2. The molecule has 4 heteroatoms. The van der Waals surface area contributed by atoms with Gasteiger partial charge in [-0.25, -0.2) is 0 Å². The first kappa shape index (κ1) is 12.7. The highest BCUT2D eigenvalue weighted by Crippen LogP contribution is 2.35. The van der Waals surface area contributed by atoms with E-state index in [0.717, 1.165) is 17.9 Å². The van der Waals surface area contributed by atoms with Gasteiger partial charge in [0.15, 0.2) is 0 Å². The molecule has 1 fully saturated rings. The van der Waals surface area contributed by atoms with E-state index in [0.29, 0.717) is 11.6 Å². The number of hydrogen-bond acceptors (Lipinski definition) is 3. The van der Waals surface area contributed by atoms with E-state index in [4.69, 9.17) is 5.73 Å². The van der Waals surface area contributed by atoms with Gasteiger partial charge in [0.25, 0.3) is 5.91 Å². The molecule has 0 unspecified atom stereocenters. The van der Waals surface area contributed by atoms with Crippen LogP contribution in [0.1, 0.15) is 30.1 Å². The molecule has 98 valence electrons. The molecule has 0 bridgehead atoms. The lowest BCUT2D eigenvalue weighted by Gasteiger charge is -2.25. The minimum atomic E-state index is 0.0168. The van der Waals surface area contributed by atoms with Gasteiger partial charge in [0.2, 0.25) is 0 Å². The highest BCUT2D eigenvalue weighted by Gasteiger charge is 2.29. The van der Waals surface area contributed by atoms with Crippen LogP contribution in [-0.2, 0) is 0 Å². The molecule has 2 rings (SSSR count). The van der Waals surface area contributed by atoms with Gasteiger partial charge in [-0.1, -0.05) is 0 Å². The molecule has 1 aliphatic carbocycles. The molecule has 0 saturated heterocycles. The van der Waals surface area contributed by atoms with Crippen LogP contribution in [0.15, 0.2) is 18.2 Å². The number of nitrogens with two attached hydrogens (primary N) is 1. The van der Waals surface area contributed by atoms with Gasteiger partial charge >= 0.3 is 0 Å². The first-order chi connectivity index (χ1) is 8.54. The highest BCUT2D eigenvalue weighted by atomic mass is 16.2. The molecule has 0 radical (unpaired) electrons. The average molecular weight is 247 g/mol. The molecule has 0 atom stereocenters. The maximum Gasteiger partial charge on any atom is 0.253 e. The second-order valence-electron chi connectivity index (χ2n) is 4.99. The fourth-order valence-electron chi connectivity index (χ4n) is 2.20. The lowest BCUT2D eigenvalue weighted by molar-refractivity contribution is 0.0827. The largest absolute Gasteiger partial charge is 0.397 e. The van der Waals surface area contributed by atoms with E-state index in [2.05, 4.69) is 11.8 Å². The minimum Gasteiger partial charge on any atom is -0.397 e. The molecule has 1 aromatic carbocycles. The summed E-state index contributed by atoms with van der Waals surface area (Å²) in [6, 6.07) is 6.14. The van der Waals surface area contributed by atoms with Crippen LogP contribution in [0, 0.1) is 0 Å². The van der Waals surface area contributed by atoms with Gasteiger partial charge in [0.1, 0.15) is 0 Å². The standard InChI is InChI=1S/C14H21N3O/c1-4-17(11-6-7-11)13-9-10(5-8-12(13)15)14(18)16(2)3/h5,8-9,11H,4,6-7,15H2,1-3H3. The van der Waals surface area contributed by atoms with E-state index in [-0.39, 0.29) is 5.91 Å². The van der Waals surface area contributed by atoms with Gasteiger partial charge in [-0.3, -0.25) is 4.79 Å². The number of hydrogen-bond donors (Lipinski definition) is 1. The molecule has 18 heavy (non-hydrogen) atoms. The molecule has 0 aliphatic heterocycles. The Morgan fingerprint density at radius 1 is 1.39 bits per heavy atom. The van der Waals surface area contributed by atoms with Crippen LogP contribution in [0.25, 0.3) is 0 Å². The van der Waals surface area contributed by atoms with Crippen molar-refractivity contribution in [3.05, 3.63) is 23.8 Å². The quantitative estimate of drug-likeness (QED) is 0.827. The van der Waals surface area contributed by atoms with Gasteiger partial charge in [-0.15, -0.1) is 0 Å². The average Bonchev–Trinajstić information content (AvgIpc) is 3.16. The Kier molecular flexibility index (Phi) is 3.45. The van der Waals surface area contributed by atoms with Crippen LogP contribution in [0.5, 0.6) is 0 Å². The number of rotatable bonds is 4. The number of carbonyl (C=O) groups is 1. The van der Waals surface area contributed by atoms with Crippen LogP contribution in [0.4, 0.5) is 11.4 Å². The van der Waals surface area contributed by atoms with Crippen LogP contribution in [0.2, 0.25) is 0 Å². The molecule has 4 nitrogen and oxygen atoms in total. The third-order valence-corrected chi connectivity index (χ3v) is 3.32. The van der Waals surface area contributed by atoms with Crippen molar-refractivity contribution in [1.29, 1.82) is 0 Å². The number of carbonyl (C=O) groups excluding carboxylic acids is 1. The summed E-state index contributed by atoms with van der Waals surface area (Å²) in [5.41, 5.74) is 8.48. The normalized spacial score (nSPS) is 14.4. The Balaban J connectivity index is 2.34. The number of benzene rings is 1. The lowest BCUT2D eigenvalue weighted by atomic mass is 10.1. The number of amides is 1. The predicted molar refractivity (Wildman–Crippen MR) is 74.9 cm³/mol. The Hall–Kier alpha value is -1.71. The molecule has 0 heterocycles. The summed E-state index contributed by atoms with van der Waals surface area (Å²) in [7, 11) is 3.52. The summed E-state index contributed by atoms with van der Waals surface area (Å²) in [6.07, 6.45) is 2.44. The van der Waals surface area contributed by atoms with Crippen molar-refractivity contribution in [3.63, 3.8) is 0 Å². The summed E-state index contributed by atoms with van der Waals surface area (Å²) in [5, 5.41) is 0. The highest BCUT2D eigenvalue weighted by molar-refractivity contribution is 5.96. The third-order valence-electron chi connectivity index (χ3n) is 3.32. The van der Waals surface area contributed by atoms with Gasteiger partial charge in [-0.2, -0.15) is 0 Å². The maximum atomic E-state index is 12.0. The molecule has 0 aromatic heterocycles. The summed E-state index contributed by atoms with van der Waals surface area (Å²) < 4.78 is 0. The molecule has 1 aromatic rings. The summed E-state index contributed by atoms with van der Waals surface area (Å²) >= 11 is 0. The number of nitrogens with zero attached hydrogens (tertiary/aromatic N) is 2. The Morgan fingerprint density at radius 2 is 2.06 bits per heavy atom. The Bertz CT molecular complexity index is 452. The molecule has 1 aliphatic rings. The van der Waals surface area contributed by atoms with Crippen molar-refractivity contribution >= 4 is 17.3 Å². The fraction of sp³-hybridized carbons (Fsp3) is 0.500. The zero-order valence-electron chi connectivity index (χ0n) is 11.3. The van der Waals surface area contributed by atoms with E-state index < -0.39 is 0 Å². The van der Waals surface area contributed by atoms with E-state index >= 15 is 0 Å². The third kappa shape index (κ3) is 2.42. The topological polar surface area (TPSA) is 49.6 Å². The second-order valence-corrected chi connectivity index (χ2v) is 4.99. The van der Waals surface area contributed by atoms with E-state index in [1.54, 1.807) is 25.1 Å². The molecule has 1 amide bonds. The van der Waals surface area contributed by atoms with Crippen molar-refractivity contribution in [1.82, 2.24) is 4.90 Å². The molecular formula is C14H21N3O. The van der Waals surface area contributed by atoms with Crippen molar-refractivity contribution in [2.75, 3.05) is 31.3 Å². The van der Waals surface area contributed by atoms with Crippen LogP contribution in [0.3, 0.4) is 0 Å². The van der Waals surface area contributed by atoms with Gasteiger partial charge in [0.05, 0.1) is 11.4 Å². The van der Waals surface area contributed by atoms with Crippen LogP contribution in [-0.4, -0.2) is 37.5 Å². The zero-order chi connectivity index (χ0) is 13.3. The molecular weight excluding hydrogens is 226 g/mol. The van der Waals surface area contributed by atoms with Crippen molar-refractivity contribution in [2.45, 2.75) is 25.8 Å². The summed E-state index contributed by atoms with van der Waals surface area (Å²) in [5.74, 6) is 0.0168. The molecule has 1 saturated carbocycles. The Labute approximate surface area is 108 Å². The summed E-state index contributed by atoms with van der Waals surface area (Å²) in [4.78, 5) is 15.9. The van der Waals surface area contributed by atoms with Gasteiger partial charge in [0, 0.05) is 32.2 Å². The van der Waals surface area contributed by atoms with Crippen LogP contribution < -0.4 is 10.6 Å². The lowest BCUT2D eigenvalue weighted by Crippen LogP contribution is -2.27. The van der Waals surface area contributed by atoms with Crippen molar-refractivity contribution in [3.8, 4) is 0 Å². The van der Waals surface area contributed by atoms with E-state index in [1.807, 2.05) is 12.1 Å². The van der Waals surface area contributed by atoms with Gasteiger partial charge in [-0.05, 0) is 38.0 Å². The summed E-state index contributed by atoms with van der Waals surface area (Å²) in [6.45, 7) is 3.05. The SMILES string of the molecule is CCN(c1cc(C(=O)N(C)C)ccc1N)C1CC1. The molecule has 0 spiro atoms. The van der Waals surface area contributed by atoms with Crippen LogP contribution >= 0.6 is 0 Å². The smallest absolute Gasteiger partial charge is 0.253 e. The Morgan fingerprint density at radius 3 is 2.56 bits per heavy atom. The zero-order valence-corrected chi connectivity index (χ0v) is 11.3. The minimum absolute atomic E-state index is 0.0168. The predicted octanol–water partition coefficient (Wildman–Crippen LogP) is 1.96. The van der Waals surface area contributed by atoms with Crippen molar-refractivity contribution in [2.24, 2.45) is 0 Å². The van der Waals surface area contributed by atoms with Crippen molar-refractivity contribution < 1.29 is 4.79 Å². The first-order valence-corrected chi connectivity index (χ1v) is 6.42. The van der Waals surface area contributed by atoms with Gasteiger partial charge < -0.3 is 15.5 Å².